The molecule has 0 spiro atoms. The molecule has 0 saturated carbocycles. The van der Waals surface area contributed by atoms with Gasteiger partial charge in [-0.2, -0.15) is 0 Å². The Morgan fingerprint density at radius 1 is 1.15 bits per heavy atom. The van der Waals surface area contributed by atoms with Crippen molar-refractivity contribution in [1.82, 2.24) is 4.90 Å². The summed E-state index contributed by atoms with van der Waals surface area (Å²) in [5.74, 6) is -1.36. The Bertz CT molecular complexity index is 1320. The van der Waals surface area contributed by atoms with Crippen LogP contribution < -0.4 is 9.64 Å². The minimum Gasteiger partial charge on any atom is -0.488 e. The van der Waals surface area contributed by atoms with Gasteiger partial charge in [-0.25, -0.2) is 8.78 Å². The van der Waals surface area contributed by atoms with E-state index in [1.54, 1.807) is 29.2 Å². The van der Waals surface area contributed by atoms with Crippen molar-refractivity contribution in [3.8, 4) is 16.2 Å². The van der Waals surface area contributed by atoms with Crippen molar-refractivity contribution in [2.75, 3.05) is 25.0 Å². The summed E-state index contributed by atoms with van der Waals surface area (Å²) in [7, 11) is 1.45. The molecule has 0 atom stereocenters. The third kappa shape index (κ3) is 3.80. The summed E-state index contributed by atoms with van der Waals surface area (Å²) in [6.07, 6.45) is 0.808. The maximum Gasteiger partial charge on any atom is 0.268 e. The number of likely N-dealkylation sites (tertiary alicyclic amines) is 1. The maximum atomic E-state index is 14.2. The van der Waals surface area contributed by atoms with E-state index in [0.29, 0.717) is 35.9 Å². The molecule has 2 aliphatic heterocycles. The van der Waals surface area contributed by atoms with E-state index in [2.05, 4.69) is 6.58 Å². The van der Waals surface area contributed by atoms with Crippen LogP contribution in [0.1, 0.15) is 32.0 Å². The van der Waals surface area contributed by atoms with Gasteiger partial charge in [0.25, 0.3) is 11.8 Å². The molecule has 168 valence electrons. The number of fused-ring (bicyclic) bond motifs is 3. The Hall–Kier alpha value is -3.52. The van der Waals surface area contributed by atoms with Gasteiger partial charge in [0.2, 0.25) is 0 Å². The summed E-state index contributed by atoms with van der Waals surface area (Å²) in [4.78, 5) is 30.2. The summed E-state index contributed by atoms with van der Waals surface area (Å²) >= 11 is 1.26. The first-order chi connectivity index (χ1) is 15.8. The number of amides is 2. The van der Waals surface area contributed by atoms with E-state index >= 15 is 0 Å². The molecule has 3 heterocycles. The van der Waals surface area contributed by atoms with Crippen molar-refractivity contribution in [2.45, 2.75) is 13.0 Å². The van der Waals surface area contributed by atoms with Gasteiger partial charge in [-0.1, -0.05) is 12.2 Å². The molecule has 0 unspecified atom stereocenters. The van der Waals surface area contributed by atoms with Gasteiger partial charge in [0.1, 0.15) is 24.0 Å². The van der Waals surface area contributed by atoms with Gasteiger partial charge >= 0.3 is 0 Å². The molecule has 1 fully saturated rings. The first-order valence-corrected chi connectivity index (χ1v) is 11.2. The number of thiophene rings is 1. The molecule has 5 nitrogen and oxygen atoms in total. The molecule has 5 rings (SSSR count). The molecule has 0 aliphatic carbocycles. The molecule has 0 N–H and O–H groups in total. The van der Waals surface area contributed by atoms with Crippen LogP contribution in [0.4, 0.5) is 14.5 Å². The van der Waals surface area contributed by atoms with Gasteiger partial charge in [0, 0.05) is 47.8 Å². The number of nitrogens with zero attached hydrogens (tertiary/aromatic N) is 2. The van der Waals surface area contributed by atoms with Crippen LogP contribution >= 0.6 is 11.3 Å². The average Bonchev–Trinajstić information content (AvgIpc) is 3.44. The molecule has 33 heavy (non-hydrogen) atoms. The minimum atomic E-state index is -0.811. The number of ether oxygens (including phenoxy) is 1. The van der Waals surface area contributed by atoms with Crippen molar-refractivity contribution in [3.05, 3.63) is 82.3 Å². The van der Waals surface area contributed by atoms with Crippen LogP contribution in [0.25, 0.3) is 10.4 Å². The highest BCUT2D eigenvalue weighted by molar-refractivity contribution is 7.17. The largest absolute Gasteiger partial charge is 0.488 e. The van der Waals surface area contributed by atoms with E-state index in [9.17, 15) is 18.4 Å². The molecular formula is C25H20F2N2O3S. The van der Waals surface area contributed by atoms with Gasteiger partial charge < -0.3 is 14.5 Å². The van der Waals surface area contributed by atoms with E-state index < -0.39 is 17.5 Å². The Morgan fingerprint density at radius 3 is 2.70 bits per heavy atom. The lowest BCUT2D eigenvalue weighted by atomic mass is 10.0. The molecule has 8 heteroatoms. The van der Waals surface area contributed by atoms with E-state index in [4.69, 9.17) is 4.74 Å². The van der Waals surface area contributed by atoms with Crippen LogP contribution in [-0.2, 0) is 6.61 Å². The lowest BCUT2D eigenvalue weighted by molar-refractivity contribution is 0.0796. The lowest BCUT2D eigenvalue weighted by Crippen LogP contribution is -2.27. The lowest BCUT2D eigenvalue weighted by Gasteiger charge is -2.20. The van der Waals surface area contributed by atoms with Gasteiger partial charge in [0.15, 0.2) is 0 Å². The second-order valence-corrected chi connectivity index (χ2v) is 9.20. The Labute approximate surface area is 193 Å². The molecule has 2 amide bonds. The number of carbonyl (C=O) groups excluding carboxylic acids is 2. The summed E-state index contributed by atoms with van der Waals surface area (Å²) in [6, 6.07) is 10.1. The highest BCUT2D eigenvalue weighted by Crippen LogP contribution is 2.43. The Kier molecular flexibility index (Phi) is 5.25. The van der Waals surface area contributed by atoms with Crippen molar-refractivity contribution in [1.29, 1.82) is 0 Å². The third-order valence-electron chi connectivity index (χ3n) is 5.89. The minimum absolute atomic E-state index is 0.00972. The third-order valence-corrected chi connectivity index (χ3v) is 7.09. The summed E-state index contributed by atoms with van der Waals surface area (Å²) in [6.45, 7) is 5.46. The number of hydrogen-bond donors (Lipinski definition) is 0. The second-order valence-electron chi connectivity index (χ2n) is 8.15. The van der Waals surface area contributed by atoms with Crippen LogP contribution in [0.2, 0.25) is 0 Å². The van der Waals surface area contributed by atoms with E-state index in [1.807, 2.05) is 0 Å². The van der Waals surface area contributed by atoms with Crippen molar-refractivity contribution >= 4 is 28.8 Å². The SMILES string of the molecule is C=C1CCN(C(=O)c2ccc3c(c2)-c2sc(C(=O)N(C)c4ccc(F)cc4F)cc2CO3)C1. The summed E-state index contributed by atoms with van der Waals surface area (Å²) < 4.78 is 33.3. The zero-order valence-electron chi connectivity index (χ0n) is 17.9. The van der Waals surface area contributed by atoms with Gasteiger partial charge in [-0.05, 0) is 42.8 Å². The normalized spacial score (nSPS) is 14.5. The standard InChI is InChI=1S/C25H20F2N2O3S/c1-14-7-8-29(12-14)24(30)15-3-6-21-18(9-15)23-16(13-32-21)10-22(33-23)25(31)28(2)20-5-4-17(26)11-19(20)27/h3-6,9-11H,1,7-8,12-13H2,2H3. The van der Waals surface area contributed by atoms with Gasteiger partial charge in [0.05, 0.1) is 10.6 Å². The first-order valence-electron chi connectivity index (χ1n) is 10.4. The summed E-state index contributed by atoms with van der Waals surface area (Å²) in [5, 5.41) is 0. The fraction of sp³-hybridized carbons (Fsp3) is 0.200. The number of hydrogen-bond acceptors (Lipinski definition) is 4. The topological polar surface area (TPSA) is 49.9 Å². The van der Waals surface area contributed by atoms with E-state index in [0.717, 1.165) is 45.0 Å². The van der Waals surface area contributed by atoms with E-state index in [1.165, 1.54) is 24.5 Å². The van der Waals surface area contributed by atoms with Gasteiger partial charge in [-0.3, -0.25) is 9.59 Å². The molecule has 0 bridgehead atoms. The quantitative estimate of drug-likeness (QED) is 0.495. The van der Waals surface area contributed by atoms with Crippen LogP contribution in [0.15, 0.2) is 54.6 Å². The Morgan fingerprint density at radius 2 is 1.97 bits per heavy atom. The average molecular weight is 467 g/mol. The molecule has 2 aliphatic rings. The first kappa shape index (κ1) is 21.3. The predicted octanol–water partition coefficient (Wildman–Crippen LogP) is 5.26. The number of rotatable bonds is 3. The van der Waals surface area contributed by atoms with Crippen LogP contribution in [-0.4, -0.2) is 36.9 Å². The number of anilines is 1. The maximum absolute atomic E-state index is 14.2. The fourth-order valence-electron chi connectivity index (χ4n) is 4.10. The summed E-state index contributed by atoms with van der Waals surface area (Å²) in [5.41, 5.74) is 3.15. The predicted molar refractivity (Wildman–Crippen MR) is 123 cm³/mol. The highest BCUT2D eigenvalue weighted by Gasteiger charge is 2.28. The van der Waals surface area contributed by atoms with Crippen LogP contribution in [0.3, 0.4) is 0 Å². The molecule has 2 aromatic carbocycles. The zero-order chi connectivity index (χ0) is 23.3. The van der Waals surface area contributed by atoms with Gasteiger partial charge in [-0.15, -0.1) is 11.3 Å². The monoisotopic (exact) mass is 466 g/mol. The number of halogens is 2. The highest BCUT2D eigenvalue weighted by atomic mass is 32.1. The molecular weight excluding hydrogens is 446 g/mol. The molecule has 3 aromatic rings. The van der Waals surface area contributed by atoms with Crippen LogP contribution in [0, 0.1) is 11.6 Å². The van der Waals surface area contributed by atoms with Crippen molar-refractivity contribution < 1.29 is 23.1 Å². The zero-order valence-corrected chi connectivity index (χ0v) is 18.7. The number of benzene rings is 2. The molecule has 0 radical (unpaired) electrons. The van der Waals surface area contributed by atoms with Crippen molar-refractivity contribution in [2.24, 2.45) is 0 Å². The van der Waals surface area contributed by atoms with Crippen LogP contribution in [0.5, 0.6) is 5.75 Å². The molecule has 1 saturated heterocycles. The Balaban J connectivity index is 1.46. The second kappa shape index (κ2) is 8.12. The smallest absolute Gasteiger partial charge is 0.268 e. The van der Waals surface area contributed by atoms with E-state index in [-0.39, 0.29) is 11.6 Å². The number of carbonyl (C=O) groups is 2. The molecule has 1 aromatic heterocycles. The fourth-order valence-corrected chi connectivity index (χ4v) is 5.26. The van der Waals surface area contributed by atoms with Crippen molar-refractivity contribution in [3.63, 3.8) is 0 Å².